The van der Waals surface area contributed by atoms with Crippen LogP contribution in [0.5, 0.6) is 5.88 Å². The highest BCUT2D eigenvalue weighted by Crippen LogP contribution is 2.20. The zero-order valence-corrected chi connectivity index (χ0v) is 11.1. The summed E-state index contributed by atoms with van der Waals surface area (Å²) in [7, 11) is 0. The topological polar surface area (TPSA) is 68.5 Å². The standard InChI is InChI=1S/C16H13N3O2/c17-16(20)19(13-7-2-1-3-8-13)21-15-11-10-12-6-4-5-9-14(12)18-15/h1-11H,(H2,17,20). The highest BCUT2D eigenvalue weighted by molar-refractivity contribution is 5.88. The number of primary amides is 1. The predicted molar refractivity (Wildman–Crippen MR) is 80.9 cm³/mol. The van der Waals surface area contributed by atoms with Gasteiger partial charge in [-0.05, 0) is 24.3 Å². The number of hydroxylamine groups is 1. The number of fused-ring (bicyclic) bond motifs is 1. The van der Waals surface area contributed by atoms with E-state index in [1.54, 1.807) is 30.3 Å². The van der Waals surface area contributed by atoms with E-state index in [4.69, 9.17) is 10.6 Å². The second-order valence-electron chi connectivity index (χ2n) is 4.40. The minimum absolute atomic E-state index is 0.302. The molecule has 2 amide bonds. The van der Waals surface area contributed by atoms with Crippen molar-refractivity contribution >= 4 is 22.6 Å². The van der Waals surface area contributed by atoms with E-state index in [1.165, 1.54) is 0 Å². The van der Waals surface area contributed by atoms with E-state index in [9.17, 15) is 4.79 Å². The van der Waals surface area contributed by atoms with Crippen LogP contribution in [0.3, 0.4) is 0 Å². The summed E-state index contributed by atoms with van der Waals surface area (Å²) in [5, 5.41) is 2.01. The van der Waals surface area contributed by atoms with Crippen molar-refractivity contribution in [3.63, 3.8) is 0 Å². The maximum atomic E-state index is 11.6. The fourth-order valence-electron chi connectivity index (χ4n) is 1.98. The van der Waals surface area contributed by atoms with Gasteiger partial charge in [-0.3, -0.25) is 0 Å². The van der Waals surface area contributed by atoms with Gasteiger partial charge in [-0.2, -0.15) is 0 Å². The number of rotatable bonds is 3. The molecule has 0 bridgehead atoms. The Morgan fingerprint density at radius 2 is 1.67 bits per heavy atom. The normalized spacial score (nSPS) is 10.3. The molecule has 0 radical (unpaired) electrons. The van der Waals surface area contributed by atoms with Crippen LogP contribution in [0.15, 0.2) is 66.7 Å². The van der Waals surface area contributed by atoms with E-state index in [0.717, 1.165) is 16.0 Å². The number of nitrogens with two attached hydrogens (primary N) is 1. The van der Waals surface area contributed by atoms with Gasteiger partial charge in [0.05, 0.1) is 11.2 Å². The lowest BCUT2D eigenvalue weighted by molar-refractivity contribution is 0.218. The number of carbonyl (C=O) groups is 1. The first-order valence-corrected chi connectivity index (χ1v) is 6.42. The SMILES string of the molecule is NC(=O)N(Oc1ccc2ccccc2n1)c1ccccc1. The Labute approximate surface area is 121 Å². The van der Waals surface area contributed by atoms with Crippen molar-refractivity contribution in [2.24, 2.45) is 5.73 Å². The maximum absolute atomic E-state index is 11.6. The van der Waals surface area contributed by atoms with Gasteiger partial charge in [0.15, 0.2) is 0 Å². The smallest absolute Gasteiger partial charge is 0.350 e. The molecule has 21 heavy (non-hydrogen) atoms. The Balaban J connectivity index is 1.93. The fourth-order valence-corrected chi connectivity index (χ4v) is 1.98. The van der Waals surface area contributed by atoms with Gasteiger partial charge in [0.2, 0.25) is 5.88 Å². The van der Waals surface area contributed by atoms with E-state index in [0.29, 0.717) is 11.6 Å². The molecule has 104 valence electrons. The summed E-state index contributed by atoms with van der Waals surface area (Å²) in [5.41, 5.74) is 6.69. The monoisotopic (exact) mass is 279 g/mol. The van der Waals surface area contributed by atoms with Crippen LogP contribution in [-0.4, -0.2) is 11.0 Å². The molecule has 3 rings (SSSR count). The van der Waals surface area contributed by atoms with Crippen LogP contribution in [0.25, 0.3) is 10.9 Å². The minimum atomic E-state index is -0.712. The molecule has 0 saturated heterocycles. The van der Waals surface area contributed by atoms with Crippen LogP contribution < -0.4 is 15.6 Å². The van der Waals surface area contributed by atoms with Gasteiger partial charge in [-0.25, -0.2) is 9.78 Å². The number of urea groups is 1. The molecule has 0 aliphatic rings. The number of carbonyl (C=O) groups excluding carboxylic acids is 1. The number of para-hydroxylation sites is 2. The van der Waals surface area contributed by atoms with Crippen molar-refractivity contribution in [1.29, 1.82) is 0 Å². The van der Waals surface area contributed by atoms with Crippen LogP contribution in [0.2, 0.25) is 0 Å². The quantitative estimate of drug-likeness (QED) is 0.749. The summed E-state index contributed by atoms with van der Waals surface area (Å²) in [6.07, 6.45) is 0. The average Bonchev–Trinajstić information content (AvgIpc) is 2.53. The lowest BCUT2D eigenvalue weighted by Gasteiger charge is -2.19. The molecule has 0 atom stereocenters. The van der Waals surface area contributed by atoms with Crippen molar-refractivity contribution in [2.45, 2.75) is 0 Å². The largest absolute Gasteiger partial charge is 0.352 e. The molecular weight excluding hydrogens is 266 g/mol. The molecule has 1 aromatic heterocycles. The third kappa shape index (κ3) is 2.76. The zero-order chi connectivity index (χ0) is 14.7. The first-order valence-electron chi connectivity index (χ1n) is 6.42. The molecule has 2 aromatic carbocycles. The zero-order valence-electron chi connectivity index (χ0n) is 11.1. The van der Waals surface area contributed by atoms with Crippen LogP contribution in [-0.2, 0) is 0 Å². The highest BCUT2D eigenvalue weighted by atomic mass is 16.7. The molecule has 0 unspecified atom stereocenters. The molecule has 0 fully saturated rings. The van der Waals surface area contributed by atoms with Crippen molar-refractivity contribution in [2.75, 3.05) is 5.06 Å². The van der Waals surface area contributed by atoms with Crippen molar-refractivity contribution < 1.29 is 9.63 Å². The van der Waals surface area contributed by atoms with E-state index < -0.39 is 6.03 Å². The molecule has 0 spiro atoms. The van der Waals surface area contributed by atoms with Gasteiger partial charge in [0.1, 0.15) is 0 Å². The summed E-state index contributed by atoms with van der Waals surface area (Å²) >= 11 is 0. The van der Waals surface area contributed by atoms with E-state index >= 15 is 0 Å². The molecule has 5 heteroatoms. The molecule has 5 nitrogen and oxygen atoms in total. The van der Waals surface area contributed by atoms with E-state index in [-0.39, 0.29) is 0 Å². The van der Waals surface area contributed by atoms with Crippen LogP contribution in [0.4, 0.5) is 10.5 Å². The van der Waals surface area contributed by atoms with Crippen LogP contribution in [0.1, 0.15) is 0 Å². The second-order valence-corrected chi connectivity index (χ2v) is 4.40. The summed E-state index contributed by atoms with van der Waals surface area (Å²) < 4.78 is 0. The van der Waals surface area contributed by atoms with E-state index in [1.807, 2.05) is 36.4 Å². The average molecular weight is 279 g/mol. The van der Waals surface area contributed by atoms with Gasteiger partial charge < -0.3 is 10.6 Å². The number of nitrogens with zero attached hydrogens (tertiary/aromatic N) is 2. The Hall–Kier alpha value is -3.08. The van der Waals surface area contributed by atoms with Crippen LogP contribution >= 0.6 is 0 Å². The third-order valence-corrected chi connectivity index (χ3v) is 2.95. The van der Waals surface area contributed by atoms with Gasteiger partial charge in [0, 0.05) is 11.5 Å². The Morgan fingerprint density at radius 3 is 2.43 bits per heavy atom. The third-order valence-electron chi connectivity index (χ3n) is 2.95. The van der Waals surface area contributed by atoms with Crippen molar-refractivity contribution in [3.8, 4) is 5.88 Å². The molecule has 0 aliphatic heterocycles. The van der Waals surface area contributed by atoms with Gasteiger partial charge in [-0.15, -0.1) is 5.06 Å². The molecule has 3 aromatic rings. The summed E-state index contributed by atoms with van der Waals surface area (Å²) in [6.45, 7) is 0. The van der Waals surface area contributed by atoms with Gasteiger partial charge in [-0.1, -0.05) is 36.4 Å². The van der Waals surface area contributed by atoms with Crippen molar-refractivity contribution in [3.05, 3.63) is 66.7 Å². The van der Waals surface area contributed by atoms with E-state index in [2.05, 4.69) is 4.98 Å². The minimum Gasteiger partial charge on any atom is -0.350 e. The number of amides is 2. The summed E-state index contributed by atoms with van der Waals surface area (Å²) in [5.74, 6) is 0.302. The van der Waals surface area contributed by atoms with Gasteiger partial charge in [0.25, 0.3) is 0 Å². The number of benzene rings is 2. The Morgan fingerprint density at radius 1 is 0.952 bits per heavy atom. The molecule has 2 N–H and O–H groups in total. The maximum Gasteiger partial charge on any atom is 0.352 e. The number of hydrogen-bond donors (Lipinski definition) is 1. The summed E-state index contributed by atoms with van der Waals surface area (Å²) in [6, 6.07) is 19.4. The Bertz CT molecular complexity index is 775. The first-order chi connectivity index (χ1) is 10.2. The molecular formula is C16H13N3O2. The molecule has 0 aliphatic carbocycles. The lowest BCUT2D eigenvalue weighted by Crippen LogP contribution is -2.38. The van der Waals surface area contributed by atoms with Crippen molar-refractivity contribution in [1.82, 2.24) is 4.98 Å². The number of pyridine rings is 1. The predicted octanol–water partition coefficient (Wildman–Crippen LogP) is 3.11. The lowest BCUT2D eigenvalue weighted by atomic mass is 10.2. The molecule has 0 saturated carbocycles. The number of hydrogen-bond acceptors (Lipinski definition) is 3. The fraction of sp³-hybridized carbons (Fsp3) is 0. The van der Waals surface area contributed by atoms with Crippen LogP contribution in [0, 0.1) is 0 Å². The second kappa shape index (κ2) is 5.50. The Kier molecular flexibility index (Phi) is 3.39. The number of anilines is 1. The molecule has 1 heterocycles. The summed E-state index contributed by atoms with van der Waals surface area (Å²) in [4.78, 5) is 21.4. The number of aromatic nitrogens is 1. The van der Waals surface area contributed by atoms with Gasteiger partial charge >= 0.3 is 6.03 Å². The highest BCUT2D eigenvalue weighted by Gasteiger charge is 2.15. The first kappa shape index (κ1) is 12.9.